The molecule has 1 aromatic rings. The first-order valence-corrected chi connectivity index (χ1v) is 7.90. The molecule has 1 aromatic heterocycles. The second-order valence-electron chi connectivity index (χ2n) is 4.49. The maximum atomic E-state index is 11.2. The van der Waals surface area contributed by atoms with Crippen molar-refractivity contribution in [1.29, 1.82) is 0 Å². The van der Waals surface area contributed by atoms with Crippen molar-refractivity contribution < 1.29 is 18.3 Å². The Morgan fingerprint density at radius 3 is 2.58 bits per heavy atom. The van der Waals surface area contributed by atoms with E-state index in [-0.39, 0.29) is 11.3 Å². The minimum absolute atomic E-state index is 0.0749. The predicted octanol–water partition coefficient (Wildman–Crippen LogP) is 1.24. The van der Waals surface area contributed by atoms with Crippen LogP contribution in [0.4, 0.5) is 5.69 Å². The Morgan fingerprint density at radius 1 is 1.42 bits per heavy atom. The Labute approximate surface area is 112 Å². The zero-order chi connectivity index (χ0) is 14.6. The van der Waals surface area contributed by atoms with E-state index in [1.54, 1.807) is 19.9 Å². The molecule has 0 spiro atoms. The van der Waals surface area contributed by atoms with Crippen molar-refractivity contribution in [1.82, 2.24) is 4.98 Å². The van der Waals surface area contributed by atoms with E-state index >= 15 is 0 Å². The molecule has 0 bridgehead atoms. The largest absolute Gasteiger partial charge is 0.478 e. The SMILES string of the molecule is Cc1cc(NCCCS(C)(=O)=O)c(C(=O)O)c(C)n1. The summed E-state index contributed by atoms with van der Waals surface area (Å²) in [6, 6.07) is 1.65. The summed E-state index contributed by atoms with van der Waals surface area (Å²) in [6.45, 7) is 3.81. The number of carboxylic acid groups (broad SMARTS) is 1. The van der Waals surface area contributed by atoms with E-state index in [4.69, 9.17) is 5.11 Å². The van der Waals surface area contributed by atoms with Crippen molar-refractivity contribution in [2.45, 2.75) is 20.3 Å². The molecule has 0 aliphatic carbocycles. The van der Waals surface area contributed by atoms with Crippen LogP contribution in [0.15, 0.2) is 6.07 Å². The second-order valence-corrected chi connectivity index (χ2v) is 6.75. The van der Waals surface area contributed by atoms with Crippen molar-refractivity contribution in [2.24, 2.45) is 0 Å². The molecule has 0 aromatic carbocycles. The van der Waals surface area contributed by atoms with Crippen LogP contribution in [0.2, 0.25) is 0 Å². The smallest absolute Gasteiger partial charge is 0.339 e. The first-order chi connectivity index (χ1) is 8.70. The lowest BCUT2D eigenvalue weighted by atomic mass is 10.1. The second kappa shape index (κ2) is 6.01. The zero-order valence-corrected chi connectivity index (χ0v) is 12.0. The van der Waals surface area contributed by atoms with Crippen LogP contribution in [-0.4, -0.2) is 43.0 Å². The zero-order valence-electron chi connectivity index (χ0n) is 11.2. The van der Waals surface area contributed by atoms with E-state index in [9.17, 15) is 13.2 Å². The van der Waals surface area contributed by atoms with Crippen LogP contribution in [0.1, 0.15) is 28.2 Å². The Morgan fingerprint density at radius 2 is 2.05 bits per heavy atom. The molecule has 0 amide bonds. The van der Waals surface area contributed by atoms with Gasteiger partial charge < -0.3 is 10.4 Å². The van der Waals surface area contributed by atoms with Gasteiger partial charge in [-0.15, -0.1) is 0 Å². The molecule has 0 fully saturated rings. The van der Waals surface area contributed by atoms with Crippen molar-refractivity contribution in [3.05, 3.63) is 23.0 Å². The number of aromatic carboxylic acids is 1. The van der Waals surface area contributed by atoms with Gasteiger partial charge in [0.25, 0.3) is 0 Å². The van der Waals surface area contributed by atoms with Crippen LogP contribution in [-0.2, 0) is 9.84 Å². The monoisotopic (exact) mass is 286 g/mol. The van der Waals surface area contributed by atoms with Gasteiger partial charge in [-0.1, -0.05) is 0 Å². The molecule has 1 heterocycles. The fourth-order valence-electron chi connectivity index (χ4n) is 1.80. The number of aromatic nitrogens is 1. The van der Waals surface area contributed by atoms with Crippen molar-refractivity contribution in [2.75, 3.05) is 23.9 Å². The van der Waals surface area contributed by atoms with Gasteiger partial charge in [0, 0.05) is 18.5 Å². The maximum Gasteiger partial charge on any atom is 0.339 e. The molecule has 0 radical (unpaired) electrons. The highest BCUT2D eigenvalue weighted by atomic mass is 32.2. The molecule has 2 N–H and O–H groups in total. The summed E-state index contributed by atoms with van der Waals surface area (Å²) < 4.78 is 22.0. The Kier molecular flexibility index (Phi) is 4.88. The highest BCUT2D eigenvalue weighted by Crippen LogP contribution is 2.19. The third-order valence-corrected chi connectivity index (χ3v) is 3.58. The number of rotatable bonds is 6. The van der Waals surface area contributed by atoms with Crippen LogP contribution in [0, 0.1) is 13.8 Å². The molecule has 106 valence electrons. The summed E-state index contributed by atoms with van der Waals surface area (Å²) in [5.74, 6) is -0.971. The number of pyridine rings is 1. The number of nitrogens with zero attached hydrogens (tertiary/aromatic N) is 1. The van der Waals surface area contributed by atoms with Crippen LogP contribution < -0.4 is 5.32 Å². The van der Waals surface area contributed by atoms with Gasteiger partial charge in [0.2, 0.25) is 0 Å². The summed E-state index contributed by atoms with van der Waals surface area (Å²) in [6.07, 6.45) is 1.61. The average Bonchev–Trinajstić information content (AvgIpc) is 2.21. The molecule has 0 aliphatic heterocycles. The number of nitrogens with one attached hydrogen (secondary N) is 1. The number of hydrogen-bond donors (Lipinski definition) is 2. The summed E-state index contributed by atoms with van der Waals surface area (Å²) in [5.41, 5.74) is 1.77. The van der Waals surface area contributed by atoms with Gasteiger partial charge in [-0.25, -0.2) is 13.2 Å². The number of anilines is 1. The van der Waals surface area contributed by atoms with Crippen molar-refractivity contribution in [3.8, 4) is 0 Å². The molecule has 19 heavy (non-hydrogen) atoms. The third-order valence-electron chi connectivity index (χ3n) is 2.55. The summed E-state index contributed by atoms with van der Waals surface area (Å²) in [5, 5.41) is 12.1. The van der Waals surface area contributed by atoms with Crippen molar-refractivity contribution in [3.63, 3.8) is 0 Å². The highest BCUT2D eigenvalue weighted by Gasteiger charge is 2.15. The molecule has 6 nitrogen and oxygen atoms in total. The lowest BCUT2D eigenvalue weighted by Crippen LogP contribution is -2.13. The fraction of sp³-hybridized carbons (Fsp3) is 0.500. The van der Waals surface area contributed by atoms with Crippen LogP contribution in [0.25, 0.3) is 0 Å². The highest BCUT2D eigenvalue weighted by molar-refractivity contribution is 7.90. The third kappa shape index (κ3) is 4.86. The molecule has 1 rings (SSSR count). The Bertz CT molecular complexity index is 582. The quantitative estimate of drug-likeness (QED) is 0.764. The predicted molar refractivity (Wildman–Crippen MR) is 73.5 cm³/mol. The molecular formula is C12H18N2O4S. The number of hydrogen-bond acceptors (Lipinski definition) is 5. The topological polar surface area (TPSA) is 96.4 Å². The van der Waals surface area contributed by atoms with Gasteiger partial charge in [-0.2, -0.15) is 0 Å². The summed E-state index contributed by atoms with van der Waals surface area (Å²) in [4.78, 5) is 15.3. The number of aryl methyl sites for hydroxylation is 2. The van der Waals surface area contributed by atoms with Gasteiger partial charge >= 0.3 is 5.97 Å². The fourth-order valence-corrected chi connectivity index (χ4v) is 2.46. The van der Waals surface area contributed by atoms with E-state index in [0.29, 0.717) is 30.0 Å². The molecule has 0 saturated carbocycles. The lowest BCUT2D eigenvalue weighted by molar-refractivity contribution is 0.0696. The van der Waals surface area contributed by atoms with E-state index in [1.807, 2.05) is 0 Å². The molecule has 7 heteroatoms. The van der Waals surface area contributed by atoms with E-state index in [1.165, 1.54) is 6.26 Å². The van der Waals surface area contributed by atoms with Crippen molar-refractivity contribution >= 4 is 21.5 Å². The summed E-state index contributed by atoms with van der Waals surface area (Å²) in [7, 11) is -2.99. The van der Waals surface area contributed by atoms with Crippen LogP contribution >= 0.6 is 0 Å². The number of carboxylic acids is 1. The van der Waals surface area contributed by atoms with Crippen LogP contribution in [0.5, 0.6) is 0 Å². The van der Waals surface area contributed by atoms with Gasteiger partial charge in [0.15, 0.2) is 0 Å². The minimum atomic E-state index is -2.99. The van der Waals surface area contributed by atoms with Gasteiger partial charge in [0.1, 0.15) is 15.4 Å². The molecule has 0 unspecified atom stereocenters. The molecule has 0 saturated heterocycles. The standard InChI is InChI=1S/C12H18N2O4S/c1-8-7-10(11(12(15)16)9(2)14-8)13-5-4-6-19(3,17)18/h7H,4-6H2,1-3H3,(H,13,14)(H,15,16). The van der Waals surface area contributed by atoms with E-state index < -0.39 is 15.8 Å². The number of carbonyl (C=O) groups is 1. The number of sulfone groups is 1. The molecule has 0 atom stereocenters. The lowest BCUT2D eigenvalue weighted by Gasteiger charge is -2.12. The van der Waals surface area contributed by atoms with Gasteiger partial charge in [0.05, 0.1) is 17.1 Å². The van der Waals surface area contributed by atoms with E-state index in [2.05, 4.69) is 10.3 Å². The molecular weight excluding hydrogens is 268 g/mol. The maximum absolute atomic E-state index is 11.2. The first-order valence-electron chi connectivity index (χ1n) is 5.84. The molecule has 0 aliphatic rings. The van der Waals surface area contributed by atoms with Crippen LogP contribution in [0.3, 0.4) is 0 Å². The average molecular weight is 286 g/mol. The Balaban J connectivity index is 2.80. The first kappa shape index (κ1) is 15.4. The van der Waals surface area contributed by atoms with E-state index in [0.717, 1.165) is 0 Å². The normalized spacial score (nSPS) is 11.3. The van der Waals surface area contributed by atoms with Gasteiger partial charge in [-0.3, -0.25) is 4.98 Å². The Hall–Kier alpha value is -1.63. The summed E-state index contributed by atoms with van der Waals surface area (Å²) >= 11 is 0. The van der Waals surface area contributed by atoms with Gasteiger partial charge in [-0.05, 0) is 26.3 Å². The minimum Gasteiger partial charge on any atom is -0.478 e.